The minimum atomic E-state index is -4.54. The molecular weight excluding hydrogens is 468 g/mol. The van der Waals surface area contributed by atoms with Crippen molar-refractivity contribution in [2.75, 3.05) is 45.6 Å². The number of carbonyl (C=O) groups is 1. The number of hydrogen-bond acceptors (Lipinski definition) is 6. The smallest absolute Gasteiger partial charge is 0.422 e. The molecule has 33 heavy (non-hydrogen) atoms. The Morgan fingerprint density at radius 1 is 1.09 bits per heavy atom. The van der Waals surface area contributed by atoms with Gasteiger partial charge in [-0.25, -0.2) is 17.6 Å². The fourth-order valence-corrected chi connectivity index (χ4v) is 4.85. The van der Waals surface area contributed by atoms with Crippen LogP contribution in [0.15, 0.2) is 23.1 Å². The van der Waals surface area contributed by atoms with Crippen LogP contribution in [0.2, 0.25) is 0 Å². The van der Waals surface area contributed by atoms with E-state index in [-0.39, 0.29) is 16.6 Å². The quantitative estimate of drug-likeness (QED) is 0.562. The van der Waals surface area contributed by atoms with Gasteiger partial charge < -0.3 is 14.4 Å². The predicted molar refractivity (Wildman–Crippen MR) is 111 cm³/mol. The van der Waals surface area contributed by atoms with E-state index in [1.165, 1.54) is 17.0 Å². The summed E-state index contributed by atoms with van der Waals surface area (Å²) in [5.41, 5.74) is 0. The number of benzene rings is 1. The van der Waals surface area contributed by atoms with Crippen LogP contribution in [0.25, 0.3) is 0 Å². The molecule has 2 fully saturated rings. The largest absolute Gasteiger partial charge is 0.490 e. The first-order valence-electron chi connectivity index (χ1n) is 10.8. The fraction of sp³-hybridized carbons (Fsp3) is 0.667. The minimum absolute atomic E-state index is 0.0260. The molecule has 0 bridgehead atoms. The molecule has 1 amide bonds. The third-order valence-electron chi connectivity index (χ3n) is 6.07. The second-order valence-corrected chi connectivity index (χ2v) is 10.6. The lowest BCUT2D eigenvalue weighted by Crippen LogP contribution is -2.53. The lowest BCUT2D eigenvalue weighted by Gasteiger charge is -2.41. The first-order chi connectivity index (χ1) is 15.4. The summed E-state index contributed by atoms with van der Waals surface area (Å²) in [5.74, 6) is -0.440. The molecule has 1 aromatic rings. The predicted octanol–water partition coefficient (Wildman–Crippen LogP) is 3.48. The molecule has 1 aromatic carbocycles. The number of rotatable bonds is 6. The molecule has 0 aromatic heterocycles. The molecule has 1 saturated heterocycles. The van der Waals surface area contributed by atoms with Gasteiger partial charge in [-0.15, -0.1) is 0 Å². The highest BCUT2D eigenvalue weighted by Crippen LogP contribution is 2.30. The molecule has 3 rings (SSSR count). The van der Waals surface area contributed by atoms with Crippen molar-refractivity contribution in [2.24, 2.45) is 5.92 Å². The van der Waals surface area contributed by atoms with Crippen LogP contribution in [0.5, 0.6) is 5.75 Å². The fourth-order valence-electron chi connectivity index (χ4n) is 4.22. The molecule has 0 spiro atoms. The lowest BCUT2D eigenvalue weighted by molar-refractivity contribution is -0.162. The first kappa shape index (κ1) is 25.5. The molecule has 2 aliphatic rings. The molecule has 12 heteroatoms. The monoisotopic (exact) mass is 496 g/mol. The van der Waals surface area contributed by atoms with Crippen molar-refractivity contribution in [1.29, 1.82) is 0 Å². The summed E-state index contributed by atoms with van der Waals surface area (Å²) in [5, 5.41) is 0. The molecule has 7 nitrogen and oxygen atoms in total. The van der Waals surface area contributed by atoms with Gasteiger partial charge in [0.25, 0.3) is 0 Å². The number of ether oxygens (including phenoxy) is 2. The average Bonchev–Trinajstić information content (AvgIpc) is 2.76. The second kappa shape index (κ2) is 10.5. The van der Waals surface area contributed by atoms with Crippen LogP contribution in [0.4, 0.5) is 22.4 Å². The Labute approximate surface area is 190 Å². The summed E-state index contributed by atoms with van der Waals surface area (Å²) in [6.07, 6.45) is -0.900. The molecule has 0 N–H and O–H groups in total. The highest BCUT2D eigenvalue weighted by Gasteiger charge is 2.33. The van der Waals surface area contributed by atoms with E-state index in [0.717, 1.165) is 38.0 Å². The van der Waals surface area contributed by atoms with Crippen LogP contribution in [0, 0.1) is 11.7 Å². The summed E-state index contributed by atoms with van der Waals surface area (Å²) >= 11 is 0. The van der Waals surface area contributed by atoms with Crippen molar-refractivity contribution in [1.82, 2.24) is 9.80 Å². The van der Waals surface area contributed by atoms with E-state index in [9.17, 15) is 30.8 Å². The molecule has 186 valence electrons. The topological polar surface area (TPSA) is 76.2 Å². The van der Waals surface area contributed by atoms with Gasteiger partial charge in [0.2, 0.25) is 0 Å². The first-order valence-corrected chi connectivity index (χ1v) is 12.7. The summed E-state index contributed by atoms with van der Waals surface area (Å²) in [4.78, 5) is 15.2. The molecule has 1 aliphatic heterocycles. The van der Waals surface area contributed by atoms with E-state index in [4.69, 9.17) is 4.74 Å². The van der Waals surface area contributed by atoms with E-state index in [1.54, 1.807) is 0 Å². The van der Waals surface area contributed by atoms with Gasteiger partial charge in [0.05, 0.1) is 11.5 Å². The van der Waals surface area contributed by atoms with Crippen molar-refractivity contribution in [3.05, 3.63) is 24.0 Å². The molecule has 0 atom stereocenters. The van der Waals surface area contributed by atoms with Gasteiger partial charge in [0.1, 0.15) is 0 Å². The normalized spacial score (nSPS) is 22.8. The number of alkyl halides is 3. The standard InChI is InChI=1S/C21H28F4N2O5S/c1-33(29,30)17-6-7-19(18(22)12-17)31-13-15-2-4-16(5-3-15)26-8-10-27(11-9-26)20(28)32-14-21(23,24)25/h6-7,12,15-16H,2-5,8-11,13-14H2,1H3/t15-,16-. The van der Waals surface area contributed by atoms with Crippen molar-refractivity contribution in [2.45, 2.75) is 42.8 Å². The van der Waals surface area contributed by atoms with Crippen LogP contribution < -0.4 is 4.74 Å². The highest BCUT2D eigenvalue weighted by atomic mass is 32.2. The molecule has 0 unspecified atom stereocenters. The Balaban J connectivity index is 1.39. The third-order valence-corrected chi connectivity index (χ3v) is 7.18. The van der Waals surface area contributed by atoms with Crippen LogP contribution in [0.1, 0.15) is 25.7 Å². The number of amides is 1. The Kier molecular flexibility index (Phi) is 8.09. The van der Waals surface area contributed by atoms with Gasteiger partial charge in [-0.05, 0) is 49.8 Å². The summed E-state index contributed by atoms with van der Waals surface area (Å²) < 4.78 is 83.6. The van der Waals surface area contributed by atoms with Gasteiger partial charge in [-0.1, -0.05) is 0 Å². The average molecular weight is 497 g/mol. The molecule has 0 radical (unpaired) electrons. The number of hydrogen-bond donors (Lipinski definition) is 0. The Bertz CT molecular complexity index is 925. The molecule has 1 heterocycles. The SMILES string of the molecule is CS(=O)(=O)c1ccc(OC[C@H]2CC[C@H](N3CCN(C(=O)OCC(F)(F)F)CC3)CC2)c(F)c1. The van der Waals surface area contributed by atoms with E-state index in [1.807, 2.05) is 0 Å². The van der Waals surface area contributed by atoms with Crippen molar-refractivity contribution < 1.29 is 40.2 Å². The minimum Gasteiger partial charge on any atom is -0.490 e. The maximum Gasteiger partial charge on any atom is 0.422 e. The summed E-state index contributed by atoms with van der Waals surface area (Å²) in [6.45, 7) is 0.547. The Morgan fingerprint density at radius 3 is 2.27 bits per heavy atom. The Morgan fingerprint density at radius 2 is 1.73 bits per heavy atom. The molecular formula is C21H28F4N2O5S. The number of piperazine rings is 1. The van der Waals surface area contributed by atoms with Gasteiger partial charge in [-0.3, -0.25) is 4.90 Å². The second-order valence-electron chi connectivity index (χ2n) is 8.54. The zero-order valence-corrected chi connectivity index (χ0v) is 19.1. The van der Waals surface area contributed by atoms with Crippen LogP contribution >= 0.6 is 0 Å². The Hall–Kier alpha value is -2.08. The van der Waals surface area contributed by atoms with Gasteiger partial charge >= 0.3 is 12.3 Å². The van der Waals surface area contributed by atoms with Gasteiger partial charge in [-0.2, -0.15) is 13.2 Å². The number of nitrogens with zero attached hydrogens (tertiary/aromatic N) is 2. The van der Waals surface area contributed by atoms with E-state index >= 15 is 0 Å². The van der Waals surface area contributed by atoms with Gasteiger partial charge in [0.15, 0.2) is 28.0 Å². The van der Waals surface area contributed by atoms with E-state index in [0.29, 0.717) is 38.8 Å². The number of carbonyl (C=O) groups excluding carboxylic acids is 1. The van der Waals surface area contributed by atoms with Crippen molar-refractivity contribution in [3.8, 4) is 5.75 Å². The van der Waals surface area contributed by atoms with Gasteiger partial charge in [0, 0.05) is 38.5 Å². The third kappa shape index (κ3) is 7.46. The maximum atomic E-state index is 14.1. The zero-order chi connectivity index (χ0) is 24.2. The van der Waals surface area contributed by atoms with E-state index in [2.05, 4.69) is 9.64 Å². The molecule has 1 saturated carbocycles. The number of sulfone groups is 1. The van der Waals surface area contributed by atoms with Crippen LogP contribution in [0.3, 0.4) is 0 Å². The van der Waals surface area contributed by atoms with Crippen molar-refractivity contribution in [3.63, 3.8) is 0 Å². The molecule has 1 aliphatic carbocycles. The van der Waals surface area contributed by atoms with Crippen LogP contribution in [-0.2, 0) is 14.6 Å². The highest BCUT2D eigenvalue weighted by molar-refractivity contribution is 7.90. The van der Waals surface area contributed by atoms with E-state index < -0.39 is 34.5 Å². The maximum absolute atomic E-state index is 14.1. The number of halogens is 4. The van der Waals surface area contributed by atoms with Crippen LogP contribution in [-0.4, -0.2) is 82.2 Å². The zero-order valence-electron chi connectivity index (χ0n) is 18.3. The summed E-state index contributed by atoms with van der Waals surface area (Å²) in [6, 6.07) is 3.93. The summed E-state index contributed by atoms with van der Waals surface area (Å²) in [7, 11) is -3.49. The van der Waals surface area contributed by atoms with Crippen molar-refractivity contribution >= 4 is 15.9 Å². The lowest BCUT2D eigenvalue weighted by atomic mass is 9.85.